The number of amidine groups is 1. The van der Waals surface area contributed by atoms with Crippen molar-refractivity contribution in [3.8, 4) is 5.75 Å². The molecule has 1 aromatic carbocycles. The van der Waals surface area contributed by atoms with Crippen LogP contribution in [0.25, 0.3) is 6.08 Å². The number of likely N-dealkylation sites (tertiary alicyclic amines) is 1. The molecule has 1 fully saturated rings. The Balaban J connectivity index is 1.61. The van der Waals surface area contributed by atoms with Crippen molar-refractivity contribution in [1.29, 1.82) is 0 Å². The van der Waals surface area contributed by atoms with E-state index in [1.54, 1.807) is 0 Å². The molecule has 1 amide bonds. The van der Waals surface area contributed by atoms with E-state index in [0.717, 1.165) is 49.0 Å². The Labute approximate surface area is 154 Å². The predicted octanol–water partition coefficient (Wildman–Crippen LogP) is 4.71. The van der Waals surface area contributed by atoms with E-state index in [-0.39, 0.29) is 5.91 Å². The summed E-state index contributed by atoms with van der Waals surface area (Å²) in [6.07, 6.45) is 9.04. The molecule has 134 valence electrons. The Morgan fingerprint density at radius 1 is 1.16 bits per heavy atom. The van der Waals surface area contributed by atoms with Gasteiger partial charge in [0.1, 0.15) is 5.75 Å². The highest BCUT2D eigenvalue weighted by Gasteiger charge is 2.26. The van der Waals surface area contributed by atoms with Crippen molar-refractivity contribution in [1.82, 2.24) is 4.90 Å². The van der Waals surface area contributed by atoms with Crippen LogP contribution in [0.2, 0.25) is 0 Å². The van der Waals surface area contributed by atoms with E-state index in [9.17, 15) is 4.79 Å². The summed E-state index contributed by atoms with van der Waals surface area (Å²) in [6.45, 7) is 4.92. The minimum atomic E-state index is -0.118. The first-order chi connectivity index (χ1) is 12.3. The SMILES string of the molecule is CCCCOc1ccc(/C=C2\SC(N3CCCCCC3)=NC2=O)cc1. The first-order valence-electron chi connectivity index (χ1n) is 9.26. The maximum absolute atomic E-state index is 12.2. The number of thioether (sulfide) groups is 1. The van der Waals surface area contributed by atoms with E-state index >= 15 is 0 Å². The Kier molecular flexibility index (Phi) is 6.56. The molecule has 0 bridgehead atoms. The number of ether oxygens (including phenoxy) is 1. The van der Waals surface area contributed by atoms with Crippen molar-refractivity contribution >= 4 is 28.9 Å². The fourth-order valence-electron chi connectivity index (χ4n) is 2.94. The molecule has 25 heavy (non-hydrogen) atoms. The molecule has 0 N–H and O–H groups in total. The zero-order chi connectivity index (χ0) is 17.5. The van der Waals surface area contributed by atoms with E-state index in [1.807, 2.05) is 30.3 Å². The van der Waals surface area contributed by atoms with Crippen LogP contribution in [0.5, 0.6) is 5.75 Å². The number of rotatable bonds is 5. The maximum atomic E-state index is 12.2. The van der Waals surface area contributed by atoms with Crippen LogP contribution < -0.4 is 4.74 Å². The summed E-state index contributed by atoms with van der Waals surface area (Å²) >= 11 is 1.51. The first-order valence-corrected chi connectivity index (χ1v) is 10.1. The van der Waals surface area contributed by atoms with Crippen molar-refractivity contribution in [2.75, 3.05) is 19.7 Å². The van der Waals surface area contributed by atoms with Gasteiger partial charge in [-0.1, -0.05) is 38.3 Å². The van der Waals surface area contributed by atoms with E-state index < -0.39 is 0 Å². The number of aliphatic imine (C=N–C) groups is 1. The minimum absolute atomic E-state index is 0.118. The molecule has 0 aliphatic carbocycles. The van der Waals surface area contributed by atoms with Crippen LogP contribution in [0.3, 0.4) is 0 Å². The van der Waals surface area contributed by atoms with Gasteiger partial charge in [0, 0.05) is 13.1 Å². The van der Waals surface area contributed by atoms with Crippen LogP contribution in [-0.4, -0.2) is 35.7 Å². The average molecular weight is 359 g/mol. The topological polar surface area (TPSA) is 41.9 Å². The molecule has 0 aromatic heterocycles. The van der Waals surface area contributed by atoms with Gasteiger partial charge in [0.25, 0.3) is 5.91 Å². The van der Waals surface area contributed by atoms with E-state index in [4.69, 9.17) is 4.74 Å². The highest BCUT2D eigenvalue weighted by molar-refractivity contribution is 8.18. The lowest BCUT2D eigenvalue weighted by molar-refractivity contribution is -0.113. The van der Waals surface area contributed by atoms with Gasteiger partial charge in [0.2, 0.25) is 0 Å². The monoisotopic (exact) mass is 358 g/mol. The Morgan fingerprint density at radius 2 is 1.88 bits per heavy atom. The third kappa shape index (κ3) is 5.11. The molecule has 1 saturated heterocycles. The lowest BCUT2D eigenvalue weighted by atomic mass is 10.2. The number of amides is 1. The molecule has 5 heteroatoms. The van der Waals surface area contributed by atoms with Crippen LogP contribution in [0, 0.1) is 0 Å². The second-order valence-corrected chi connectivity index (χ2v) is 7.49. The van der Waals surface area contributed by atoms with Gasteiger partial charge in [0.15, 0.2) is 5.17 Å². The summed E-state index contributed by atoms with van der Waals surface area (Å²) in [5.74, 6) is 0.759. The standard InChI is InChI=1S/C20H26N2O2S/c1-2-3-14-24-17-10-8-16(9-11-17)15-18-19(23)21-20(25-18)22-12-6-4-5-7-13-22/h8-11,15H,2-7,12-14H2,1H3/b18-15-. The second-order valence-electron chi connectivity index (χ2n) is 6.48. The molecule has 1 aromatic rings. The molecule has 0 atom stereocenters. The van der Waals surface area contributed by atoms with Crippen molar-refractivity contribution < 1.29 is 9.53 Å². The summed E-state index contributed by atoms with van der Waals surface area (Å²) in [7, 11) is 0. The second kappa shape index (κ2) is 9.09. The Bertz CT molecular complexity index is 644. The normalized spacial score (nSPS) is 19.9. The molecule has 2 aliphatic rings. The lowest BCUT2D eigenvalue weighted by Gasteiger charge is -2.20. The molecule has 3 rings (SSSR count). The highest BCUT2D eigenvalue weighted by atomic mass is 32.2. The number of carbonyl (C=O) groups excluding carboxylic acids is 1. The molecule has 0 unspecified atom stereocenters. The van der Waals surface area contributed by atoms with E-state index in [2.05, 4.69) is 16.8 Å². The molecule has 0 radical (unpaired) electrons. The number of benzene rings is 1. The summed E-state index contributed by atoms with van der Waals surface area (Å²) in [4.78, 5) is 19.5. The predicted molar refractivity (Wildman–Crippen MR) is 105 cm³/mol. The summed E-state index contributed by atoms with van der Waals surface area (Å²) < 4.78 is 5.68. The quantitative estimate of drug-likeness (QED) is 0.564. The number of hydrogen-bond acceptors (Lipinski definition) is 4. The average Bonchev–Trinajstić information content (AvgIpc) is 2.83. The number of unbranched alkanes of at least 4 members (excludes halogenated alkanes) is 1. The highest BCUT2D eigenvalue weighted by Crippen LogP contribution is 2.31. The molecule has 4 nitrogen and oxygen atoms in total. The molecule has 0 spiro atoms. The van der Waals surface area contributed by atoms with Gasteiger partial charge in [-0.25, -0.2) is 0 Å². The summed E-state index contributed by atoms with van der Waals surface area (Å²) in [5.41, 5.74) is 1.01. The number of carbonyl (C=O) groups is 1. The fraction of sp³-hybridized carbons (Fsp3) is 0.500. The van der Waals surface area contributed by atoms with Crippen LogP contribution in [-0.2, 0) is 4.79 Å². The molecule has 0 saturated carbocycles. The number of hydrogen-bond donors (Lipinski definition) is 0. The third-order valence-electron chi connectivity index (χ3n) is 4.43. The molecular formula is C20H26N2O2S. The fourth-order valence-corrected chi connectivity index (χ4v) is 3.91. The van der Waals surface area contributed by atoms with Gasteiger partial charge in [-0.2, -0.15) is 4.99 Å². The molecular weight excluding hydrogens is 332 g/mol. The van der Waals surface area contributed by atoms with Crippen LogP contribution in [0.15, 0.2) is 34.2 Å². The number of nitrogens with zero attached hydrogens (tertiary/aromatic N) is 2. The summed E-state index contributed by atoms with van der Waals surface area (Å²) in [5, 5.41) is 0.873. The molecule has 2 heterocycles. The minimum Gasteiger partial charge on any atom is -0.494 e. The largest absolute Gasteiger partial charge is 0.494 e. The Hall–Kier alpha value is -1.75. The van der Waals surface area contributed by atoms with Crippen LogP contribution >= 0.6 is 11.8 Å². The van der Waals surface area contributed by atoms with Gasteiger partial charge < -0.3 is 9.64 Å². The van der Waals surface area contributed by atoms with Gasteiger partial charge >= 0.3 is 0 Å². The summed E-state index contributed by atoms with van der Waals surface area (Å²) in [6, 6.07) is 7.91. The van der Waals surface area contributed by atoms with Crippen LogP contribution in [0.4, 0.5) is 0 Å². The van der Waals surface area contributed by atoms with Gasteiger partial charge in [-0.3, -0.25) is 4.79 Å². The smallest absolute Gasteiger partial charge is 0.286 e. The maximum Gasteiger partial charge on any atom is 0.286 e. The Morgan fingerprint density at radius 3 is 2.56 bits per heavy atom. The first kappa shape index (κ1) is 18.1. The van der Waals surface area contributed by atoms with E-state index in [1.165, 1.54) is 37.4 Å². The third-order valence-corrected chi connectivity index (χ3v) is 5.47. The van der Waals surface area contributed by atoms with Crippen molar-refractivity contribution in [2.45, 2.75) is 45.4 Å². The van der Waals surface area contributed by atoms with Gasteiger partial charge in [-0.05, 0) is 54.8 Å². The zero-order valence-electron chi connectivity index (χ0n) is 14.9. The van der Waals surface area contributed by atoms with E-state index in [0.29, 0.717) is 4.91 Å². The molecule has 2 aliphatic heterocycles. The van der Waals surface area contributed by atoms with Crippen molar-refractivity contribution in [3.05, 3.63) is 34.7 Å². The lowest BCUT2D eigenvalue weighted by Crippen LogP contribution is -2.28. The van der Waals surface area contributed by atoms with Crippen LogP contribution in [0.1, 0.15) is 51.0 Å². The zero-order valence-corrected chi connectivity index (χ0v) is 15.7. The van der Waals surface area contributed by atoms with Crippen molar-refractivity contribution in [2.24, 2.45) is 4.99 Å². The van der Waals surface area contributed by atoms with Gasteiger partial charge in [0.05, 0.1) is 11.5 Å². The van der Waals surface area contributed by atoms with Crippen molar-refractivity contribution in [3.63, 3.8) is 0 Å². The van der Waals surface area contributed by atoms with Gasteiger partial charge in [-0.15, -0.1) is 0 Å².